The van der Waals surface area contributed by atoms with Gasteiger partial charge in [-0.25, -0.2) is 4.98 Å². The van der Waals surface area contributed by atoms with Crippen molar-refractivity contribution in [2.24, 2.45) is 0 Å². The fraction of sp³-hybridized carbons (Fsp3) is 0.381. The molecule has 1 saturated heterocycles. The van der Waals surface area contributed by atoms with Crippen molar-refractivity contribution in [3.63, 3.8) is 0 Å². The number of thiophene rings is 1. The number of aliphatic hydroxyl groups is 1. The van der Waals surface area contributed by atoms with Gasteiger partial charge in [0.15, 0.2) is 0 Å². The van der Waals surface area contributed by atoms with Gasteiger partial charge < -0.3 is 10.0 Å². The van der Waals surface area contributed by atoms with E-state index >= 15 is 0 Å². The Morgan fingerprint density at radius 1 is 1.18 bits per heavy atom. The molecule has 1 aliphatic rings. The Morgan fingerprint density at radius 3 is 2.68 bits per heavy atom. The molecule has 1 aliphatic heterocycles. The molecule has 4 rings (SSSR count). The number of piperidine rings is 1. The van der Waals surface area contributed by atoms with Crippen molar-refractivity contribution in [3.05, 3.63) is 64.0 Å². The van der Waals surface area contributed by atoms with Crippen molar-refractivity contribution in [2.75, 3.05) is 13.1 Å². The molecule has 146 valence electrons. The van der Waals surface area contributed by atoms with E-state index in [-0.39, 0.29) is 18.0 Å². The summed E-state index contributed by atoms with van der Waals surface area (Å²) in [6, 6.07) is 11.8. The van der Waals surface area contributed by atoms with E-state index in [9.17, 15) is 14.7 Å². The first-order valence-electron chi connectivity index (χ1n) is 9.51. The molecule has 1 fully saturated rings. The van der Waals surface area contributed by atoms with Gasteiger partial charge in [-0.15, -0.1) is 11.3 Å². The summed E-state index contributed by atoms with van der Waals surface area (Å²) in [5.74, 6) is 0.116. The van der Waals surface area contributed by atoms with Crippen molar-refractivity contribution in [3.8, 4) is 0 Å². The predicted octanol–water partition coefficient (Wildman–Crippen LogP) is 2.44. The van der Waals surface area contributed by atoms with E-state index < -0.39 is 5.60 Å². The highest BCUT2D eigenvalue weighted by Crippen LogP contribution is 2.25. The Bertz CT molecular complexity index is 1020. The van der Waals surface area contributed by atoms with Crippen LogP contribution >= 0.6 is 11.3 Å². The number of fused-ring (bicyclic) bond motifs is 1. The Balaban J connectivity index is 1.35. The third-order valence-corrected chi connectivity index (χ3v) is 6.31. The number of aryl methyl sites for hydroxylation is 1. The summed E-state index contributed by atoms with van der Waals surface area (Å²) in [5, 5.41) is 12.8. The van der Waals surface area contributed by atoms with Gasteiger partial charge in [-0.1, -0.05) is 30.3 Å². The average Bonchev–Trinajstić information content (AvgIpc) is 3.19. The second-order valence-corrected chi connectivity index (χ2v) is 8.32. The lowest BCUT2D eigenvalue weighted by molar-refractivity contribution is -0.135. The molecule has 28 heavy (non-hydrogen) atoms. The summed E-state index contributed by atoms with van der Waals surface area (Å²) >= 11 is 1.37. The molecule has 0 aliphatic carbocycles. The quantitative estimate of drug-likeness (QED) is 0.718. The third-order valence-electron chi connectivity index (χ3n) is 5.42. The Kier molecular flexibility index (Phi) is 5.28. The second-order valence-electron chi connectivity index (χ2n) is 7.40. The number of likely N-dealkylation sites (tertiary alicyclic amines) is 1. The number of carbonyl (C=O) groups excluding carboxylic acids is 1. The first kappa shape index (κ1) is 18.8. The molecule has 0 saturated carbocycles. The van der Waals surface area contributed by atoms with Crippen LogP contribution in [-0.2, 0) is 17.8 Å². The highest BCUT2D eigenvalue weighted by Gasteiger charge is 2.34. The van der Waals surface area contributed by atoms with E-state index in [1.165, 1.54) is 22.2 Å². The summed E-state index contributed by atoms with van der Waals surface area (Å²) in [6.45, 7) is 1.22. The van der Waals surface area contributed by atoms with Crippen LogP contribution < -0.4 is 5.56 Å². The smallest absolute Gasteiger partial charge is 0.271 e. The van der Waals surface area contributed by atoms with Gasteiger partial charge in [0, 0.05) is 19.5 Å². The van der Waals surface area contributed by atoms with Gasteiger partial charge in [-0.05, 0) is 36.3 Å². The van der Waals surface area contributed by atoms with E-state index in [0.29, 0.717) is 42.6 Å². The number of carbonyl (C=O) groups is 1. The van der Waals surface area contributed by atoms with Crippen molar-refractivity contribution in [1.82, 2.24) is 14.5 Å². The molecule has 0 bridgehead atoms. The van der Waals surface area contributed by atoms with Gasteiger partial charge in [0.25, 0.3) is 5.56 Å². The molecule has 0 spiro atoms. The Morgan fingerprint density at radius 2 is 1.93 bits per heavy atom. The van der Waals surface area contributed by atoms with Crippen LogP contribution in [-0.4, -0.2) is 44.2 Å². The van der Waals surface area contributed by atoms with Crippen LogP contribution in [0.25, 0.3) is 10.2 Å². The molecule has 6 nitrogen and oxygen atoms in total. The molecule has 0 radical (unpaired) electrons. The number of hydrogen-bond acceptors (Lipinski definition) is 5. The van der Waals surface area contributed by atoms with Gasteiger partial charge in [0.05, 0.1) is 24.0 Å². The maximum Gasteiger partial charge on any atom is 0.271 e. The third kappa shape index (κ3) is 4.00. The van der Waals surface area contributed by atoms with E-state index in [1.807, 2.05) is 46.7 Å². The molecule has 0 atom stereocenters. The zero-order valence-electron chi connectivity index (χ0n) is 15.6. The fourth-order valence-corrected chi connectivity index (χ4v) is 4.49. The number of aromatic nitrogens is 2. The van der Waals surface area contributed by atoms with E-state index in [1.54, 1.807) is 0 Å². The van der Waals surface area contributed by atoms with Crippen LogP contribution in [0.5, 0.6) is 0 Å². The second kappa shape index (κ2) is 7.85. The van der Waals surface area contributed by atoms with Crippen LogP contribution in [0.15, 0.2) is 52.9 Å². The van der Waals surface area contributed by atoms with Crippen molar-refractivity contribution < 1.29 is 9.90 Å². The zero-order valence-corrected chi connectivity index (χ0v) is 16.4. The number of nitrogens with zero attached hydrogens (tertiary/aromatic N) is 3. The van der Waals surface area contributed by atoms with Crippen molar-refractivity contribution in [1.29, 1.82) is 0 Å². The normalized spacial score (nSPS) is 16.4. The highest BCUT2D eigenvalue weighted by molar-refractivity contribution is 7.17. The van der Waals surface area contributed by atoms with Crippen LogP contribution in [0.3, 0.4) is 0 Å². The topological polar surface area (TPSA) is 75.4 Å². The summed E-state index contributed by atoms with van der Waals surface area (Å²) < 4.78 is 2.10. The predicted molar refractivity (Wildman–Crippen MR) is 109 cm³/mol. The van der Waals surface area contributed by atoms with Crippen molar-refractivity contribution >= 4 is 27.5 Å². The van der Waals surface area contributed by atoms with E-state index in [2.05, 4.69) is 4.98 Å². The maximum atomic E-state index is 12.6. The number of rotatable bonds is 5. The van der Waals surface area contributed by atoms with E-state index in [4.69, 9.17) is 0 Å². The summed E-state index contributed by atoms with van der Waals surface area (Å²) in [5.41, 5.74) is 0.735. The summed E-state index contributed by atoms with van der Waals surface area (Å²) in [7, 11) is 0. The monoisotopic (exact) mass is 397 g/mol. The van der Waals surface area contributed by atoms with Gasteiger partial charge in [0.2, 0.25) is 5.91 Å². The van der Waals surface area contributed by atoms with Crippen LogP contribution in [0.4, 0.5) is 0 Å². The lowest BCUT2D eigenvalue weighted by Crippen LogP contribution is -2.49. The average molecular weight is 398 g/mol. The van der Waals surface area contributed by atoms with Crippen LogP contribution in [0.1, 0.15) is 24.8 Å². The number of amides is 1. The SMILES string of the molecule is O=C(CCc1ccccc1)N1CCC(O)(Cn2cnc3ccsc3c2=O)CC1. The molecule has 2 aromatic heterocycles. The van der Waals surface area contributed by atoms with E-state index in [0.717, 1.165) is 12.0 Å². The lowest BCUT2D eigenvalue weighted by atomic mass is 9.91. The standard InChI is InChI=1S/C21H23N3O3S/c25-18(7-6-16-4-2-1-3-5-16)23-11-9-21(27,10-12-23)14-24-15-22-17-8-13-28-19(17)20(24)26/h1-5,8,13,15,27H,6-7,9-12,14H2. The molecule has 1 amide bonds. The molecular formula is C21H23N3O3S. The molecular weight excluding hydrogens is 374 g/mol. The van der Waals surface area contributed by atoms with Gasteiger partial charge in [0.1, 0.15) is 4.70 Å². The minimum Gasteiger partial charge on any atom is -0.388 e. The van der Waals surface area contributed by atoms with Gasteiger partial charge >= 0.3 is 0 Å². The molecule has 3 heterocycles. The van der Waals surface area contributed by atoms with Gasteiger partial charge in [-0.2, -0.15) is 0 Å². The van der Waals surface area contributed by atoms with Crippen LogP contribution in [0, 0.1) is 0 Å². The van der Waals surface area contributed by atoms with Gasteiger partial charge in [-0.3, -0.25) is 14.2 Å². The van der Waals surface area contributed by atoms with Crippen molar-refractivity contribution in [2.45, 2.75) is 37.8 Å². The molecule has 3 aromatic rings. The molecule has 1 N–H and O–H groups in total. The highest BCUT2D eigenvalue weighted by atomic mass is 32.1. The largest absolute Gasteiger partial charge is 0.388 e. The first-order valence-corrected chi connectivity index (χ1v) is 10.4. The number of hydrogen-bond donors (Lipinski definition) is 1. The molecule has 7 heteroatoms. The minimum atomic E-state index is -0.993. The molecule has 1 aromatic carbocycles. The first-order chi connectivity index (χ1) is 13.5. The summed E-state index contributed by atoms with van der Waals surface area (Å²) in [6.07, 6.45) is 3.62. The van der Waals surface area contributed by atoms with Crippen LogP contribution in [0.2, 0.25) is 0 Å². The zero-order chi connectivity index (χ0) is 19.6. The number of benzene rings is 1. The lowest BCUT2D eigenvalue weighted by Gasteiger charge is -2.38. The molecule has 0 unspecified atom stereocenters. The fourth-order valence-electron chi connectivity index (χ4n) is 3.69. The Labute approximate surface area is 167 Å². The minimum absolute atomic E-state index is 0.116. The Hall–Kier alpha value is -2.51. The summed E-state index contributed by atoms with van der Waals surface area (Å²) in [4.78, 5) is 31.2. The maximum absolute atomic E-state index is 12.6.